The van der Waals surface area contributed by atoms with E-state index >= 15 is 0 Å². The minimum Gasteiger partial charge on any atom is -0.497 e. The summed E-state index contributed by atoms with van der Waals surface area (Å²) in [6.45, 7) is 5.70. The van der Waals surface area contributed by atoms with Crippen LogP contribution < -0.4 is 15.0 Å². The van der Waals surface area contributed by atoms with Crippen molar-refractivity contribution in [3.05, 3.63) is 59.2 Å². The fourth-order valence-corrected chi connectivity index (χ4v) is 4.76. The predicted molar refractivity (Wildman–Crippen MR) is 120 cm³/mol. The van der Waals surface area contributed by atoms with Crippen LogP contribution in [0.4, 0.5) is 5.69 Å². The Morgan fingerprint density at radius 2 is 1.74 bits per heavy atom. The third-order valence-electron chi connectivity index (χ3n) is 6.40. The number of amides is 2. The van der Waals surface area contributed by atoms with Gasteiger partial charge < -0.3 is 19.7 Å². The highest BCUT2D eigenvalue weighted by atomic mass is 16.5. The number of ether oxygens (including phenoxy) is 2. The summed E-state index contributed by atoms with van der Waals surface area (Å²) in [7, 11) is 1.61. The molecule has 2 fully saturated rings. The smallest absolute Gasteiger partial charge is 0.231 e. The number of hydrogen-bond acceptors (Lipinski definition) is 4. The topological polar surface area (TPSA) is 67.9 Å². The van der Waals surface area contributed by atoms with Crippen molar-refractivity contribution >= 4 is 17.5 Å². The first-order valence-electron chi connectivity index (χ1n) is 10.8. The van der Waals surface area contributed by atoms with Crippen LogP contribution in [-0.4, -0.2) is 44.7 Å². The number of nitrogens with zero attached hydrogens (tertiary/aromatic N) is 1. The van der Waals surface area contributed by atoms with Gasteiger partial charge in [-0.05, 0) is 56.5 Å². The molecule has 6 nitrogen and oxygen atoms in total. The van der Waals surface area contributed by atoms with Gasteiger partial charge in [0.1, 0.15) is 5.75 Å². The van der Waals surface area contributed by atoms with Crippen LogP contribution in [0.3, 0.4) is 0 Å². The lowest BCUT2D eigenvalue weighted by Crippen LogP contribution is -2.51. The van der Waals surface area contributed by atoms with E-state index in [9.17, 15) is 9.59 Å². The van der Waals surface area contributed by atoms with Gasteiger partial charge in [0, 0.05) is 31.9 Å². The maximum Gasteiger partial charge on any atom is 0.231 e. The molecule has 0 bridgehead atoms. The Balaban J connectivity index is 1.53. The van der Waals surface area contributed by atoms with E-state index in [1.165, 1.54) is 0 Å². The zero-order valence-electron chi connectivity index (χ0n) is 18.4. The molecule has 164 valence electrons. The van der Waals surface area contributed by atoms with Crippen LogP contribution in [0.1, 0.15) is 36.0 Å². The van der Waals surface area contributed by atoms with Crippen LogP contribution in [0.15, 0.2) is 42.5 Å². The van der Waals surface area contributed by atoms with Crippen LogP contribution in [-0.2, 0) is 19.7 Å². The Labute approximate surface area is 183 Å². The summed E-state index contributed by atoms with van der Waals surface area (Å²) in [5.74, 6) is 0.758. The van der Waals surface area contributed by atoms with Gasteiger partial charge in [-0.3, -0.25) is 9.59 Å². The summed E-state index contributed by atoms with van der Waals surface area (Å²) in [4.78, 5) is 28.0. The van der Waals surface area contributed by atoms with E-state index in [2.05, 4.69) is 37.4 Å². The monoisotopic (exact) mass is 422 g/mol. The van der Waals surface area contributed by atoms with Gasteiger partial charge in [0.05, 0.1) is 18.6 Å². The molecule has 2 amide bonds. The highest BCUT2D eigenvalue weighted by Gasteiger charge is 2.44. The van der Waals surface area contributed by atoms with E-state index in [0.29, 0.717) is 39.0 Å². The first kappa shape index (κ1) is 21.4. The molecule has 2 aromatic carbocycles. The van der Waals surface area contributed by atoms with Crippen molar-refractivity contribution in [3.8, 4) is 5.75 Å². The number of hydrogen-bond donors (Lipinski definition) is 1. The minimum absolute atomic E-state index is 0.00446. The van der Waals surface area contributed by atoms with Gasteiger partial charge in [-0.15, -0.1) is 0 Å². The van der Waals surface area contributed by atoms with E-state index < -0.39 is 5.41 Å². The van der Waals surface area contributed by atoms with E-state index in [4.69, 9.17) is 9.47 Å². The summed E-state index contributed by atoms with van der Waals surface area (Å²) in [6, 6.07) is 13.6. The molecule has 0 aliphatic carbocycles. The molecule has 2 saturated heterocycles. The fraction of sp³-hybridized carbons (Fsp3) is 0.440. The van der Waals surface area contributed by atoms with E-state index in [-0.39, 0.29) is 17.9 Å². The second kappa shape index (κ2) is 8.71. The van der Waals surface area contributed by atoms with Crippen LogP contribution in [0.25, 0.3) is 0 Å². The average molecular weight is 423 g/mol. The zero-order valence-corrected chi connectivity index (χ0v) is 18.4. The number of methoxy groups -OCH3 is 1. The van der Waals surface area contributed by atoms with Crippen molar-refractivity contribution in [3.63, 3.8) is 0 Å². The van der Waals surface area contributed by atoms with Crippen LogP contribution in [0.2, 0.25) is 0 Å². The number of carbonyl (C=O) groups excluding carboxylic acids is 2. The summed E-state index contributed by atoms with van der Waals surface area (Å²) >= 11 is 0. The number of nitrogens with one attached hydrogen (secondary N) is 1. The fourth-order valence-electron chi connectivity index (χ4n) is 4.76. The molecule has 0 spiro atoms. The Bertz CT molecular complexity index is 944. The van der Waals surface area contributed by atoms with Gasteiger partial charge in [0.25, 0.3) is 0 Å². The molecule has 1 atom stereocenters. The molecule has 2 aliphatic heterocycles. The first-order valence-corrected chi connectivity index (χ1v) is 10.8. The molecule has 1 N–H and O–H groups in total. The van der Waals surface area contributed by atoms with Gasteiger partial charge in [0.2, 0.25) is 11.8 Å². The predicted octanol–water partition coefficient (Wildman–Crippen LogP) is 3.28. The highest BCUT2D eigenvalue weighted by Crippen LogP contribution is 2.37. The molecular weight excluding hydrogens is 392 g/mol. The third kappa shape index (κ3) is 4.30. The van der Waals surface area contributed by atoms with Crippen molar-refractivity contribution < 1.29 is 19.1 Å². The second-order valence-corrected chi connectivity index (χ2v) is 8.65. The van der Waals surface area contributed by atoms with E-state index in [1.807, 2.05) is 24.3 Å². The summed E-state index contributed by atoms with van der Waals surface area (Å²) < 4.78 is 10.8. The summed E-state index contributed by atoms with van der Waals surface area (Å²) in [6.07, 6.45) is 1.59. The molecule has 0 saturated carbocycles. The van der Waals surface area contributed by atoms with Gasteiger partial charge in [-0.1, -0.05) is 29.3 Å². The Morgan fingerprint density at radius 3 is 2.35 bits per heavy atom. The van der Waals surface area contributed by atoms with E-state index in [0.717, 1.165) is 28.1 Å². The number of anilines is 1. The van der Waals surface area contributed by atoms with Gasteiger partial charge in [-0.25, -0.2) is 0 Å². The number of aryl methyl sites for hydroxylation is 2. The van der Waals surface area contributed by atoms with Gasteiger partial charge in [0.15, 0.2) is 0 Å². The second-order valence-electron chi connectivity index (χ2n) is 8.65. The van der Waals surface area contributed by atoms with Crippen molar-refractivity contribution in [1.82, 2.24) is 5.32 Å². The zero-order chi connectivity index (χ0) is 22.0. The standard InChI is InChI=1S/C25H30N2O4/c1-17-12-18(2)14-19(13-17)25(8-10-31-11-9-25)24(29)26-20-15-23(28)27(16-20)21-4-6-22(30-3)7-5-21/h4-7,12-14,20H,8-11,15-16H2,1-3H3,(H,26,29). The Hall–Kier alpha value is -2.86. The van der Waals surface area contributed by atoms with Crippen LogP contribution >= 0.6 is 0 Å². The molecule has 2 heterocycles. The SMILES string of the molecule is COc1ccc(N2CC(NC(=O)C3(c4cc(C)cc(C)c4)CCOCC3)CC2=O)cc1. The summed E-state index contributed by atoms with van der Waals surface area (Å²) in [5.41, 5.74) is 3.54. The van der Waals surface area contributed by atoms with Crippen molar-refractivity contribution in [1.29, 1.82) is 0 Å². The molecule has 0 radical (unpaired) electrons. The average Bonchev–Trinajstić information content (AvgIpc) is 3.13. The van der Waals surface area contributed by atoms with Crippen molar-refractivity contribution in [2.45, 2.75) is 44.6 Å². The molecular formula is C25H30N2O4. The van der Waals surface area contributed by atoms with E-state index in [1.54, 1.807) is 12.0 Å². The Kier molecular flexibility index (Phi) is 6.01. The maximum absolute atomic E-state index is 13.6. The molecule has 2 aromatic rings. The number of carbonyl (C=O) groups is 2. The highest BCUT2D eigenvalue weighted by molar-refractivity contribution is 5.97. The van der Waals surface area contributed by atoms with Crippen molar-refractivity contribution in [2.75, 3.05) is 31.8 Å². The molecule has 6 heteroatoms. The lowest BCUT2D eigenvalue weighted by molar-refractivity contribution is -0.131. The molecule has 4 rings (SSSR count). The summed E-state index contributed by atoms with van der Waals surface area (Å²) in [5, 5.41) is 3.20. The van der Waals surface area contributed by atoms with Gasteiger partial charge >= 0.3 is 0 Å². The normalized spacial score (nSPS) is 20.5. The lowest BCUT2D eigenvalue weighted by atomic mass is 9.72. The number of benzene rings is 2. The molecule has 0 aromatic heterocycles. The molecule has 31 heavy (non-hydrogen) atoms. The first-order chi connectivity index (χ1) is 14.9. The Morgan fingerprint density at radius 1 is 1.10 bits per heavy atom. The molecule has 2 aliphatic rings. The van der Waals surface area contributed by atoms with Crippen LogP contribution in [0, 0.1) is 13.8 Å². The number of rotatable bonds is 5. The molecule has 1 unspecified atom stereocenters. The quantitative estimate of drug-likeness (QED) is 0.803. The van der Waals surface area contributed by atoms with Gasteiger partial charge in [-0.2, -0.15) is 0 Å². The lowest BCUT2D eigenvalue weighted by Gasteiger charge is -2.37. The maximum atomic E-state index is 13.6. The largest absolute Gasteiger partial charge is 0.497 e. The minimum atomic E-state index is -0.619. The van der Waals surface area contributed by atoms with Crippen LogP contribution in [0.5, 0.6) is 5.75 Å². The van der Waals surface area contributed by atoms with Crippen molar-refractivity contribution in [2.24, 2.45) is 0 Å². The third-order valence-corrected chi connectivity index (χ3v) is 6.40.